The summed E-state index contributed by atoms with van der Waals surface area (Å²) in [7, 11) is 0. The first-order valence-corrected chi connectivity index (χ1v) is 8.88. The second-order valence-electron chi connectivity index (χ2n) is 5.71. The van der Waals surface area contributed by atoms with Crippen LogP contribution in [0.25, 0.3) is 0 Å². The number of rotatable bonds is 5. The van der Waals surface area contributed by atoms with Crippen LogP contribution in [0.15, 0.2) is 46.2 Å². The number of ether oxygens (including phenoxy) is 1. The van der Waals surface area contributed by atoms with E-state index in [1.54, 1.807) is 25.3 Å². The molecule has 0 unspecified atom stereocenters. The number of hydrogen-bond donors (Lipinski definition) is 0. The Hall–Kier alpha value is -2.93. The molecule has 0 aliphatic rings. The predicted octanol–water partition coefficient (Wildman–Crippen LogP) is 4.39. The Kier molecular flexibility index (Phi) is 5.18. The average molecular weight is 370 g/mol. The summed E-state index contributed by atoms with van der Waals surface area (Å²) in [5, 5.41) is 2.31. The molecule has 2 heterocycles. The average Bonchev–Trinajstić information content (AvgIpc) is 3.20. The summed E-state index contributed by atoms with van der Waals surface area (Å²) in [5.74, 6) is 0.586. The zero-order chi connectivity index (χ0) is 18.7. The van der Waals surface area contributed by atoms with Crippen LogP contribution in [-0.4, -0.2) is 16.9 Å². The van der Waals surface area contributed by atoms with Gasteiger partial charge in [-0.2, -0.15) is 0 Å². The number of thiazole rings is 1. The lowest BCUT2D eigenvalue weighted by molar-refractivity contribution is -0.115. The Labute approximate surface area is 155 Å². The lowest BCUT2D eigenvalue weighted by Gasteiger charge is -2.17. The van der Waals surface area contributed by atoms with Gasteiger partial charge in [0.1, 0.15) is 23.7 Å². The molecule has 0 N–H and O–H groups in total. The smallest absolute Gasteiger partial charge is 0.342 e. The number of furan rings is 1. The lowest BCUT2D eigenvalue weighted by Crippen LogP contribution is -2.22. The Morgan fingerprint density at radius 3 is 2.58 bits per heavy atom. The van der Waals surface area contributed by atoms with Gasteiger partial charge >= 0.3 is 5.97 Å². The lowest BCUT2D eigenvalue weighted by atomic mass is 10.2. The van der Waals surface area contributed by atoms with Crippen molar-refractivity contribution < 1.29 is 18.7 Å². The minimum absolute atomic E-state index is 0.0273. The molecule has 0 fully saturated rings. The molecule has 0 atom stereocenters. The van der Waals surface area contributed by atoms with Crippen LogP contribution in [0.2, 0.25) is 0 Å². The first kappa shape index (κ1) is 17.9. The number of para-hydroxylation sites is 1. The van der Waals surface area contributed by atoms with Crippen molar-refractivity contribution >= 4 is 34.0 Å². The van der Waals surface area contributed by atoms with Crippen LogP contribution in [0.3, 0.4) is 0 Å². The monoisotopic (exact) mass is 370 g/mol. The van der Waals surface area contributed by atoms with Gasteiger partial charge in [-0.15, -0.1) is 11.3 Å². The van der Waals surface area contributed by atoms with E-state index in [1.807, 2.05) is 30.3 Å². The van der Waals surface area contributed by atoms with Gasteiger partial charge in [0.15, 0.2) is 5.13 Å². The van der Waals surface area contributed by atoms with Crippen molar-refractivity contribution in [1.82, 2.24) is 4.98 Å². The van der Waals surface area contributed by atoms with Gasteiger partial charge in [-0.25, -0.2) is 9.78 Å². The summed E-state index contributed by atoms with van der Waals surface area (Å²) in [4.78, 5) is 30.1. The highest BCUT2D eigenvalue weighted by molar-refractivity contribution is 7.14. The molecule has 0 bridgehead atoms. The highest BCUT2D eigenvalue weighted by Crippen LogP contribution is 2.29. The van der Waals surface area contributed by atoms with Gasteiger partial charge in [-0.05, 0) is 32.0 Å². The summed E-state index contributed by atoms with van der Waals surface area (Å²) in [5.41, 5.74) is 1.73. The van der Waals surface area contributed by atoms with E-state index in [1.165, 1.54) is 23.2 Å². The molecule has 6 nitrogen and oxygen atoms in total. The number of nitrogens with zero attached hydrogens (tertiary/aromatic N) is 2. The van der Waals surface area contributed by atoms with Crippen molar-refractivity contribution in [2.45, 2.75) is 27.4 Å². The van der Waals surface area contributed by atoms with Crippen molar-refractivity contribution in [1.29, 1.82) is 0 Å². The number of hydrogen-bond acceptors (Lipinski definition) is 6. The number of benzene rings is 1. The Bertz CT molecular complexity index is 930. The quantitative estimate of drug-likeness (QED) is 0.623. The molecule has 134 valence electrons. The number of esters is 1. The van der Waals surface area contributed by atoms with Crippen LogP contribution in [0.1, 0.15) is 34.5 Å². The van der Waals surface area contributed by atoms with Crippen LogP contribution >= 0.6 is 11.3 Å². The van der Waals surface area contributed by atoms with Crippen molar-refractivity contribution in [3.63, 3.8) is 0 Å². The number of aromatic nitrogens is 1. The standard InChI is InChI=1S/C19H18N2O4S/c1-12-9-17(13(2)25-12)18(23)24-10-15-11-26-19(20-15)21(14(3)22)16-7-5-4-6-8-16/h4-9,11H,10H2,1-3H3. The van der Waals surface area contributed by atoms with Crippen molar-refractivity contribution in [3.8, 4) is 0 Å². The van der Waals surface area contributed by atoms with E-state index in [-0.39, 0.29) is 12.5 Å². The molecule has 0 aliphatic carbocycles. The van der Waals surface area contributed by atoms with E-state index in [4.69, 9.17) is 9.15 Å². The molecular formula is C19H18N2O4S. The molecule has 0 aliphatic heterocycles. The normalized spacial score (nSPS) is 10.6. The van der Waals surface area contributed by atoms with E-state index in [2.05, 4.69) is 4.98 Å². The Morgan fingerprint density at radius 1 is 1.23 bits per heavy atom. The second-order valence-corrected chi connectivity index (χ2v) is 6.55. The van der Waals surface area contributed by atoms with Crippen LogP contribution in [0, 0.1) is 13.8 Å². The maximum atomic E-state index is 12.2. The third kappa shape index (κ3) is 3.83. The van der Waals surface area contributed by atoms with Crippen LogP contribution in [0.5, 0.6) is 0 Å². The molecule has 0 saturated heterocycles. The molecule has 26 heavy (non-hydrogen) atoms. The van der Waals surface area contributed by atoms with Gasteiger partial charge in [0.25, 0.3) is 0 Å². The van der Waals surface area contributed by atoms with E-state index < -0.39 is 5.97 Å². The van der Waals surface area contributed by atoms with Crippen LogP contribution in [-0.2, 0) is 16.1 Å². The van der Waals surface area contributed by atoms with E-state index in [0.29, 0.717) is 27.9 Å². The Morgan fingerprint density at radius 2 is 1.96 bits per heavy atom. The minimum atomic E-state index is -0.458. The highest BCUT2D eigenvalue weighted by Gasteiger charge is 2.19. The van der Waals surface area contributed by atoms with Crippen molar-refractivity contribution in [3.05, 3.63) is 64.6 Å². The fraction of sp³-hybridized carbons (Fsp3) is 0.211. The van der Waals surface area contributed by atoms with Crippen LogP contribution in [0.4, 0.5) is 10.8 Å². The van der Waals surface area contributed by atoms with E-state index in [0.717, 1.165) is 5.69 Å². The topological polar surface area (TPSA) is 72.6 Å². The third-order valence-corrected chi connectivity index (χ3v) is 4.55. The zero-order valence-corrected chi connectivity index (χ0v) is 15.5. The van der Waals surface area contributed by atoms with Crippen LogP contribution < -0.4 is 4.90 Å². The molecule has 0 radical (unpaired) electrons. The number of aryl methyl sites for hydroxylation is 2. The minimum Gasteiger partial charge on any atom is -0.466 e. The van der Waals surface area contributed by atoms with Gasteiger partial charge in [0, 0.05) is 12.3 Å². The Balaban J connectivity index is 1.72. The molecule has 0 spiro atoms. The van der Waals surface area contributed by atoms with E-state index >= 15 is 0 Å². The van der Waals surface area contributed by atoms with E-state index in [9.17, 15) is 9.59 Å². The predicted molar refractivity (Wildman–Crippen MR) is 98.7 cm³/mol. The molecule has 7 heteroatoms. The maximum Gasteiger partial charge on any atom is 0.342 e. The maximum absolute atomic E-state index is 12.2. The fourth-order valence-corrected chi connectivity index (χ4v) is 3.39. The first-order chi connectivity index (χ1) is 12.5. The highest BCUT2D eigenvalue weighted by atomic mass is 32.1. The largest absolute Gasteiger partial charge is 0.466 e. The summed E-state index contributed by atoms with van der Waals surface area (Å²) in [6.45, 7) is 5.00. The van der Waals surface area contributed by atoms with Gasteiger partial charge in [-0.3, -0.25) is 9.69 Å². The SMILES string of the molecule is CC(=O)N(c1ccccc1)c1nc(COC(=O)c2cc(C)oc2C)cs1. The third-order valence-electron chi connectivity index (χ3n) is 3.67. The molecule has 0 saturated carbocycles. The summed E-state index contributed by atoms with van der Waals surface area (Å²) < 4.78 is 10.6. The summed E-state index contributed by atoms with van der Waals surface area (Å²) in [6, 6.07) is 10.9. The molecule has 3 rings (SSSR count). The molecule has 1 aromatic carbocycles. The fourth-order valence-electron chi connectivity index (χ4n) is 2.52. The van der Waals surface area contributed by atoms with Crippen molar-refractivity contribution in [2.24, 2.45) is 0 Å². The summed E-state index contributed by atoms with van der Waals surface area (Å²) in [6.07, 6.45) is 0. The van der Waals surface area contributed by atoms with Gasteiger partial charge < -0.3 is 9.15 Å². The molecular weight excluding hydrogens is 352 g/mol. The number of amides is 1. The second kappa shape index (κ2) is 7.53. The summed E-state index contributed by atoms with van der Waals surface area (Å²) >= 11 is 1.32. The zero-order valence-electron chi connectivity index (χ0n) is 14.7. The van der Waals surface area contributed by atoms with Gasteiger partial charge in [-0.1, -0.05) is 18.2 Å². The number of anilines is 2. The molecule has 2 aromatic heterocycles. The number of carbonyl (C=O) groups is 2. The molecule has 1 amide bonds. The van der Waals surface area contributed by atoms with Crippen molar-refractivity contribution in [2.75, 3.05) is 4.90 Å². The first-order valence-electron chi connectivity index (χ1n) is 8.00. The molecule has 3 aromatic rings. The number of carbonyl (C=O) groups excluding carboxylic acids is 2. The van der Waals surface area contributed by atoms with Gasteiger partial charge in [0.05, 0.1) is 11.4 Å². The van der Waals surface area contributed by atoms with Gasteiger partial charge in [0.2, 0.25) is 5.91 Å².